The maximum Gasteiger partial charge on any atom is 0.354 e. The van der Waals surface area contributed by atoms with Crippen molar-refractivity contribution in [3.63, 3.8) is 0 Å². The Bertz CT molecular complexity index is 450. The molecule has 0 fully saturated rings. The van der Waals surface area contributed by atoms with Crippen LogP contribution in [0.25, 0.3) is 0 Å². The van der Waals surface area contributed by atoms with Crippen LogP contribution in [-0.2, 0) is 9.47 Å². The Morgan fingerprint density at radius 2 is 2.10 bits per heavy atom. The molecule has 0 radical (unpaired) electrons. The number of carboxylic acids is 1. The molecule has 0 aliphatic rings. The molecule has 1 rings (SSSR count). The highest BCUT2D eigenvalue weighted by Gasteiger charge is 2.05. The summed E-state index contributed by atoms with van der Waals surface area (Å²) in [5, 5.41) is 13.9. The number of rotatable bonds is 9. The molecule has 0 aliphatic heterocycles. The average molecular weight is 297 g/mol. The second-order valence-corrected chi connectivity index (χ2v) is 4.08. The summed E-state index contributed by atoms with van der Waals surface area (Å²) in [6.45, 7) is 2.09. The van der Waals surface area contributed by atoms with Gasteiger partial charge in [-0.05, 0) is 18.6 Å². The molecule has 0 saturated heterocycles. The lowest BCUT2D eigenvalue weighted by Crippen LogP contribution is -2.30. The number of carbonyl (C=O) groups excluding carboxylic acids is 1. The first kappa shape index (κ1) is 16.9. The van der Waals surface area contributed by atoms with Crippen LogP contribution in [0.1, 0.15) is 16.9 Å². The maximum atomic E-state index is 11.5. The van der Waals surface area contributed by atoms with E-state index in [1.54, 1.807) is 7.11 Å². The third kappa shape index (κ3) is 7.23. The fraction of sp³-hybridized carbons (Fsp3) is 0.462. The molecule has 1 aromatic rings. The van der Waals surface area contributed by atoms with E-state index in [9.17, 15) is 9.59 Å². The number of nitrogens with one attached hydrogen (secondary N) is 2. The predicted molar refractivity (Wildman–Crippen MR) is 75.5 cm³/mol. The number of pyridine rings is 1. The summed E-state index contributed by atoms with van der Waals surface area (Å²) < 4.78 is 10.1. The second-order valence-electron chi connectivity index (χ2n) is 4.08. The minimum absolute atomic E-state index is 0.0748. The summed E-state index contributed by atoms with van der Waals surface area (Å²) >= 11 is 0. The highest BCUT2D eigenvalue weighted by atomic mass is 16.5. The van der Waals surface area contributed by atoms with Gasteiger partial charge in [-0.15, -0.1) is 0 Å². The van der Waals surface area contributed by atoms with Gasteiger partial charge in [-0.25, -0.2) is 14.6 Å². The van der Waals surface area contributed by atoms with Crippen molar-refractivity contribution < 1.29 is 24.2 Å². The Morgan fingerprint density at radius 1 is 1.29 bits per heavy atom. The highest BCUT2D eigenvalue weighted by molar-refractivity contribution is 5.90. The minimum Gasteiger partial charge on any atom is -0.477 e. The van der Waals surface area contributed by atoms with Gasteiger partial charge in [0.05, 0.1) is 25.1 Å². The van der Waals surface area contributed by atoms with Crippen LogP contribution >= 0.6 is 0 Å². The van der Waals surface area contributed by atoms with Gasteiger partial charge < -0.3 is 25.2 Å². The number of carbonyl (C=O) groups is 2. The standard InChI is InChI=1S/C13H19N3O5/c1-20-7-8-21-6-2-5-14-13(19)16-10-3-4-11(12(17)18)15-9-10/h3-4,9H,2,5-8H2,1H3,(H,17,18)(H2,14,16,19). The topological polar surface area (TPSA) is 110 Å². The van der Waals surface area contributed by atoms with Crippen LogP contribution in [0.15, 0.2) is 18.3 Å². The zero-order valence-electron chi connectivity index (χ0n) is 11.8. The van der Waals surface area contributed by atoms with Gasteiger partial charge in [-0.2, -0.15) is 0 Å². The molecule has 0 spiro atoms. The van der Waals surface area contributed by atoms with Gasteiger partial charge in [0.15, 0.2) is 0 Å². The molecule has 0 unspecified atom stereocenters. The second kappa shape index (κ2) is 9.67. The number of carboxylic acid groups (broad SMARTS) is 1. The third-order valence-corrected chi connectivity index (χ3v) is 2.42. The van der Waals surface area contributed by atoms with Crippen LogP contribution in [0.3, 0.4) is 0 Å². The largest absolute Gasteiger partial charge is 0.477 e. The van der Waals surface area contributed by atoms with Gasteiger partial charge in [0.2, 0.25) is 0 Å². The number of hydrogen-bond donors (Lipinski definition) is 3. The molecule has 8 heteroatoms. The summed E-state index contributed by atoms with van der Waals surface area (Å²) in [7, 11) is 1.60. The van der Waals surface area contributed by atoms with Crippen molar-refractivity contribution in [1.29, 1.82) is 0 Å². The first-order valence-corrected chi connectivity index (χ1v) is 6.44. The number of nitrogens with zero attached hydrogens (tertiary/aromatic N) is 1. The van der Waals surface area contributed by atoms with Crippen LogP contribution in [0.4, 0.5) is 10.5 Å². The van der Waals surface area contributed by atoms with Crippen LogP contribution in [-0.4, -0.2) is 55.6 Å². The van der Waals surface area contributed by atoms with E-state index in [-0.39, 0.29) is 11.7 Å². The van der Waals surface area contributed by atoms with Gasteiger partial charge in [-0.3, -0.25) is 0 Å². The molecule has 0 bridgehead atoms. The molecular formula is C13H19N3O5. The Balaban J connectivity index is 2.17. The van der Waals surface area contributed by atoms with E-state index < -0.39 is 5.97 Å². The van der Waals surface area contributed by atoms with E-state index in [0.717, 1.165) is 0 Å². The van der Waals surface area contributed by atoms with Gasteiger partial charge in [0.1, 0.15) is 5.69 Å². The maximum absolute atomic E-state index is 11.5. The van der Waals surface area contributed by atoms with Crippen LogP contribution < -0.4 is 10.6 Å². The number of amides is 2. The summed E-state index contributed by atoms with van der Waals surface area (Å²) in [5.74, 6) is -1.11. The Labute approximate surface area is 122 Å². The number of ether oxygens (including phenoxy) is 2. The van der Waals surface area contributed by atoms with Crippen molar-refractivity contribution in [2.45, 2.75) is 6.42 Å². The molecule has 0 aliphatic carbocycles. The van der Waals surface area contributed by atoms with E-state index in [0.29, 0.717) is 38.5 Å². The molecule has 1 heterocycles. The molecule has 1 aromatic heterocycles. The Kier molecular flexibility index (Phi) is 7.77. The SMILES string of the molecule is COCCOCCCNC(=O)Nc1ccc(C(=O)O)nc1. The molecule has 0 saturated carbocycles. The summed E-state index contributed by atoms with van der Waals surface area (Å²) in [5.41, 5.74) is 0.350. The van der Waals surface area contributed by atoms with E-state index in [4.69, 9.17) is 14.6 Å². The van der Waals surface area contributed by atoms with Crippen LogP contribution in [0, 0.1) is 0 Å². The lowest BCUT2D eigenvalue weighted by atomic mass is 10.3. The van der Waals surface area contributed by atoms with E-state index in [1.807, 2.05) is 0 Å². The number of methoxy groups -OCH3 is 1. The fourth-order valence-electron chi connectivity index (χ4n) is 1.39. The smallest absolute Gasteiger partial charge is 0.354 e. The minimum atomic E-state index is -1.11. The van der Waals surface area contributed by atoms with E-state index >= 15 is 0 Å². The number of aromatic nitrogens is 1. The molecule has 0 atom stereocenters. The number of hydrogen-bond acceptors (Lipinski definition) is 5. The van der Waals surface area contributed by atoms with Gasteiger partial charge in [-0.1, -0.05) is 0 Å². The van der Waals surface area contributed by atoms with Crippen LogP contribution in [0.2, 0.25) is 0 Å². The van der Waals surface area contributed by atoms with E-state index in [1.165, 1.54) is 18.3 Å². The molecule has 2 amide bonds. The van der Waals surface area contributed by atoms with Crippen molar-refractivity contribution in [1.82, 2.24) is 10.3 Å². The zero-order valence-corrected chi connectivity index (χ0v) is 11.8. The van der Waals surface area contributed by atoms with Crippen LogP contribution in [0.5, 0.6) is 0 Å². The zero-order chi connectivity index (χ0) is 15.5. The summed E-state index contributed by atoms with van der Waals surface area (Å²) in [6.07, 6.45) is 1.98. The molecule has 0 aromatic carbocycles. The number of anilines is 1. The molecule has 116 valence electrons. The van der Waals surface area contributed by atoms with Crippen molar-refractivity contribution in [2.24, 2.45) is 0 Å². The lowest BCUT2D eigenvalue weighted by Gasteiger charge is -2.08. The number of aromatic carboxylic acids is 1. The normalized spacial score (nSPS) is 10.1. The number of urea groups is 1. The highest BCUT2D eigenvalue weighted by Crippen LogP contribution is 2.05. The molecule has 3 N–H and O–H groups in total. The first-order valence-electron chi connectivity index (χ1n) is 6.44. The van der Waals surface area contributed by atoms with E-state index in [2.05, 4.69) is 15.6 Å². The third-order valence-electron chi connectivity index (χ3n) is 2.42. The molecule has 8 nitrogen and oxygen atoms in total. The quantitative estimate of drug-likeness (QED) is 0.585. The first-order chi connectivity index (χ1) is 10.1. The van der Waals surface area contributed by atoms with Crippen molar-refractivity contribution in [3.8, 4) is 0 Å². The monoisotopic (exact) mass is 297 g/mol. The van der Waals surface area contributed by atoms with Gasteiger partial charge in [0.25, 0.3) is 0 Å². The fourth-order valence-corrected chi connectivity index (χ4v) is 1.39. The average Bonchev–Trinajstić information content (AvgIpc) is 2.47. The lowest BCUT2D eigenvalue weighted by molar-refractivity contribution is 0.0690. The van der Waals surface area contributed by atoms with Crippen molar-refractivity contribution >= 4 is 17.7 Å². The Hall–Kier alpha value is -2.19. The molecular weight excluding hydrogens is 278 g/mol. The van der Waals surface area contributed by atoms with Crippen molar-refractivity contribution in [3.05, 3.63) is 24.0 Å². The van der Waals surface area contributed by atoms with Crippen molar-refractivity contribution in [2.75, 3.05) is 38.8 Å². The molecule has 21 heavy (non-hydrogen) atoms. The predicted octanol–water partition coefficient (Wildman–Crippen LogP) is 0.954. The van der Waals surface area contributed by atoms with Gasteiger partial charge >= 0.3 is 12.0 Å². The summed E-state index contributed by atoms with van der Waals surface area (Å²) in [6, 6.07) is 2.42. The van der Waals surface area contributed by atoms with Gasteiger partial charge in [0, 0.05) is 20.3 Å². The summed E-state index contributed by atoms with van der Waals surface area (Å²) in [4.78, 5) is 25.9. The Morgan fingerprint density at radius 3 is 2.71 bits per heavy atom.